The molecule has 4 heteroatoms. The minimum absolute atomic E-state index is 0.459. The maximum Gasteiger partial charge on any atom is 0.134 e. The zero-order valence-corrected chi connectivity index (χ0v) is 10.3. The molecule has 0 aliphatic carbocycles. The number of anilines is 1. The van der Waals surface area contributed by atoms with E-state index in [0.29, 0.717) is 11.2 Å². The first kappa shape index (κ1) is 12.2. The molecule has 3 nitrogen and oxygen atoms in total. The second kappa shape index (κ2) is 5.91. The Morgan fingerprint density at radius 3 is 2.47 bits per heavy atom. The van der Waals surface area contributed by atoms with Crippen LogP contribution >= 0.6 is 11.6 Å². The molecule has 1 heterocycles. The quantitative estimate of drug-likeness (QED) is 0.785. The molecule has 0 radical (unpaired) electrons. The smallest absolute Gasteiger partial charge is 0.134 e. The summed E-state index contributed by atoms with van der Waals surface area (Å²) in [6, 6.07) is 2.24. The first-order valence-corrected chi connectivity index (χ1v) is 5.87. The molecule has 0 amide bonds. The van der Waals surface area contributed by atoms with Crippen molar-refractivity contribution in [3.63, 3.8) is 0 Å². The van der Waals surface area contributed by atoms with Gasteiger partial charge in [-0.1, -0.05) is 32.4 Å². The van der Waals surface area contributed by atoms with Crippen LogP contribution in [0.5, 0.6) is 0 Å². The first-order valence-electron chi connectivity index (χ1n) is 5.49. The number of aromatic nitrogens is 2. The molecule has 15 heavy (non-hydrogen) atoms. The summed E-state index contributed by atoms with van der Waals surface area (Å²) in [4.78, 5) is 8.51. The monoisotopic (exact) mass is 227 g/mol. The van der Waals surface area contributed by atoms with Crippen LogP contribution in [0.25, 0.3) is 0 Å². The Kier molecular flexibility index (Phi) is 4.82. The van der Waals surface area contributed by atoms with Crippen LogP contribution in [0.1, 0.15) is 39.4 Å². The minimum Gasteiger partial charge on any atom is -0.367 e. The third-order valence-corrected chi connectivity index (χ3v) is 2.59. The maximum absolute atomic E-state index is 5.91. The summed E-state index contributed by atoms with van der Waals surface area (Å²) < 4.78 is 0. The molecule has 0 spiro atoms. The zero-order chi connectivity index (χ0) is 11.3. The van der Waals surface area contributed by atoms with Crippen molar-refractivity contribution in [1.29, 1.82) is 0 Å². The van der Waals surface area contributed by atoms with Crippen LogP contribution in [0.3, 0.4) is 0 Å². The van der Waals surface area contributed by atoms with Crippen LogP contribution in [0.15, 0.2) is 6.07 Å². The summed E-state index contributed by atoms with van der Waals surface area (Å²) in [5, 5.41) is 3.87. The van der Waals surface area contributed by atoms with E-state index in [-0.39, 0.29) is 0 Å². The van der Waals surface area contributed by atoms with Crippen molar-refractivity contribution in [2.75, 3.05) is 5.32 Å². The summed E-state index contributed by atoms with van der Waals surface area (Å²) in [6.07, 6.45) is 2.97. The van der Waals surface area contributed by atoms with Crippen LogP contribution in [0, 0.1) is 0 Å². The minimum atomic E-state index is 0.459. The standard InChI is InChI=1S/C11H18ClN3/c1-4-8(5-2)13-11-7-9(12)14-10(6-3)15-11/h7-8H,4-6H2,1-3H3,(H,13,14,15). The molecule has 1 rings (SSSR count). The van der Waals surface area contributed by atoms with E-state index in [1.807, 2.05) is 6.92 Å². The van der Waals surface area contributed by atoms with E-state index in [2.05, 4.69) is 29.1 Å². The van der Waals surface area contributed by atoms with E-state index >= 15 is 0 Å². The van der Waals surface area contributed by atoms with Gasteiger partial charge < -0.3 is 5.32 Å². The lowest BCUT2D eigenvalue weighted by Gasteiger charge is -2.15. The van der Waals surface area contributed by atoms with Crippen LogP contribution < -0.4 is 5.32 Å². The van der Waals surface area contributed by atoms with E-state index in [1.165, 1.54) is 0 Å². The molecule has 1 aromatic rings. The molecule has 1 aromatic heterocycles. The number of hydrogen-bond donors (Lipinski definition) is 1. The van der Waals surface area contributed by atoms with Gasteiger partial charge in [0, 0.05) is 18.5 Å². The van der Waals surface area contributed by atoms with Gasteiger partial charge in [-0.25, -0.2) is 9.97 Å². The van der Waals surface area contributed by atoms with Gasteiger partial charge in [0.15, 0.2) is 0 Å². The van der Waals surface area contributed by atoms with Crippen molar-refractivity contribution in [1.82, 2.24) is 9.97 Å². The molecule has 0 fully saturated rings. The predicted molar refractivity (Wildman–Crippen MR) is 64.4 cm³/mol. The molecule has 0 aliphatic heterocycles. The van der Waals surface area contributed by atoms with E-state index in [0.717, 1.165) is 30.9 Å². The summed E-state index contributed by atoms with van der Waals surface area (Å²) in [7, 11) is 0. The number of rotatable bonds is 5. The molecular weight excluding hydrogens is 210 g/mol. The van der Waals surface area contributed by atoms with Crippen molar-refractivity contribution >= 4 is 17.4 Å². The van der Waals surface area contributed by atoms with Gasteiger partial charge in [-0.2, -0.15) is 0 Å². The van der Waals surface area contributed by atoms with Gasteiger partial charge in [0.25, 0.3) is 0 Å². The SMILES string of the molecule is CCc1nc(Cl)cc(NC(CC)CC)n1. The normalized spacial score (nSPS) is 10.7. The van der Waals surface area contributed by atoms with Crippen molar-refractivity contribution in [2.45, 2.75) is 46.1 Å². The topological polar surface area (TPSA) is 37.8 Å². The molecule has 0 aromatic carbocycles. The Hall–Kier alpha value is -0.830. The predicted octanol–water partition coefficient (Wildman–Crippen LogP) is 3.29. The lowest BCUT2D eigenvalue weighted by molar-refractivity contribution is 0.667. The second-order valence-electron chi connectivity index (χ2n) is 3.50. The summed E-state index contributed by atoms with van der Waals surface area (Å²) in [6.45, 7) is 6.34. The zero-order valence-electron chi connectivity index (χ0n) is 9.55. The van der Waals surface area contributed by atoms with E-state index in [4.69, 9.17) is 11.6 Å². The van der Waals surface area contributed by atoms with Gasteiger partial charge in [0.1, 0.15) is 16.8 Å². The Morgan fingerprint density at radius 1 is 1.27 bits per heavy atom. The molecular formula is C11H18ClN3. The van der Waals surface area contributed by atoms with Gasteiger partial charge >= 0.3 is 0 Å². The highest BCUT2D eigenvalue weighted by atomic mass is 35.5. The van der Waals surface area contributed by atoms with Gasteiger partial charge in [-0.05, 0) is 12.8 Å². The highest BCUT2D eigenvalue weighted by Crippen LogP contribution is 2.14. The van der Waals surface area contributed by atoms with E-state index < -0.39 is 0 Å². The van der Waals surface area contributed by atoms with Crippen LogP contribution in [-0.4, -0.2) is 16.0 Å². The maximum atomic E-state index is 5.91. The average Bonchev–Trinajstić information content (AvgIpc) is 2.25. The Balaban J connectivity index is 2.79. The molecule has 0 atom stereocenters. The summed E-state index contributed by atoms with van der Waals surface area (Å²) >= 11 is 5.91. The number of halogens is 1. The van der Waals surface area contributed by atoms with Gasteiger partial charge in [0.05, 0.1) is 0 Å². The van der Waals surface area contributed by atoms with Crippen molar-refractivity contribution in [3.05, 3.63) is 17.0 Å². The van der Waals surface area contributed by atoms with Crippen LogP contribution in [0.2, 0.25) is 5.15 Å². The highest BCUT2D eigenvalue weighted by Gasteiger charge is 2.06. The molecule has 0 unspecified atom stereocenters. The number of nitrogens with zero attached hydrogens (tertiary/aromatic N) is 2. The molecule has 0 bridgehead atoms. The lowest BCUT2D eigenvalue weighted by atomic mass is 10.2. The Labute approximate surface area is 96.3 Å². The molecule has 84 valence electrons. The van der Waals surface area contributed by atoms with Crippen LogP contribution in [0.4, 0.5) is 5.82 Å². The lowest BCUT2D eigenvalue weighted by Crippen LogP contribution is -2.18. The van der Waals surface area contributed by atoms with Crippen molar-refractivity contribution in [3.8, 4) is 0 Å². The Bertz CT molecular complexity index is 311. The van der Waals surface area contributed by atoms with Crippen molar-refractivity contribution < 1.29 is 0 Å². The third kappa shape index (κ3) is 3.67. The van der Waals surface area contributed by atoms with Gasteiger partial charge in [0.2, 0.25) is 0 Å². The molecule has 0 saturated heterocycles. The average molecular weight is 228 g/mol. The molecule has 0 saturated carbocycles. The fourth-order valence-corrected chi connectivity index (χ4v) is 1.60. The largest absolute Gasteiger partial charge is 0.367 e. The summed E-state index contributed by atoms with van der Waals surface area (Å²) in [5.74, 6) is 1.62. The number of aryl methyl sites for hydroxylation is 1. The van der Waals surface area contributed by atoms with E-state index in [1.54, 1.807) is 6.07 Å². The fourth-order valence-electron chi connectivity index (χ4n) is 1.40. The van der Waals surface area contributed by atoms with E-state index in [9.17, 15) is 0 Å². The molecule has 1 N–H and O–H groups in total. The highest BCUT2D eigenvalue weighted by molar-refractivity contribution is 6.29. The second-order valence-corrected chi connectivity index (χ2v) is 3.89. The van der Waals surface area contributed by atoms with Gasteiger partial charge in [-0.15, -0.1) is 0 Å². The van der Waals surface area contributed by atoms with Crippen LogP contribution in [-0.2, 0) is 6.42 Å². The Morgan fingerprint density at radius 2 is 1.93 bits per heavy atom. The fraction of sp³-hybridized carbons (Fsp3) is 0.636. The summed E-state index contributed by atoms with van der Waals surface area (Å²) in [5.41, 5.74) is 0. The van der Waals surface area contributed by atoms with Gasteiger partial charge in [-0.3, -0.25) is 0 Å². The number of nitrogens with one attached hydrogen (secondary N) is 1. The third-order valence-electron chi connectivity index (χ3n) is 2.40. The number of hydrogen-bond acceptors (Lipinski definition) is 3. The molecule has 0 aliphatic rings. The first-order chi connectivity index (χ1) is 7.19. The van der Waals surface area contributed by atoms with Crippen molar-refractivity contribution in [2.24, 2.45) is 0 Å².